The average molecular weight is 441 g/mol. The molecule has 0 amide bonds. The minimum absolute atomic E-state index is 0.0512. The molecule has 0 radical (unpaired) electrons. The number of benzene rings is 1. The molecule has 1 aliphatic rings. The molecule has 1 aromatic carbocycles. The molecule has 0 saturated heterocycles. The van der Waals surface area contributed by atoms with E-state index in [1.807, 2.05) is 0 Å². The van der Waals surface area contributed by atoms with E-state index in [1.54, 1.807) is 13.0 Å². The predicted octanol–water partition coefficient (Wildman–Crippen LogP) is 4.78. The first-order valence-corrected chi connectivity index (χ1v) is 9.55. The van der Waals surface area contributed by atoms with Crippen LogP contribution in [-0.2, 0) is 10.2 Å². The van der Waals surface area contributed by atoms with Crippen LogP contribution in [0.2, 0.25) is 5.02 Å². The molecule has 4 rings (SSSR count). The lowest BCUT2D eigenvalue weighted by molar-refractivity contribution is -0.141. The lowest BCUT2D eigenvalue weighted by Gasteiger charge is -2.13. The number of aliphatic carboxylic acids is 1. The fourth-order valence-electron chi connectivity index (χ4n) is 3.52. The molecule has 0 aliphatic heterocycles. The first kappa shape index (κ1) is 20.4. The van der Waals surface area contributed by atoms with Crippen LogP contribution >= 0.6 is 11.6 Å². The molecule has 1 aliphatic carbocycles. The third-order valence-corrected chi connectivity index (χ3v) is 5.54. The summed E-state index contributed by atoms with van der Waals surface area (Å²) in [4.78, 5) is 15.7. The normalized spacial score (nSPS) is 16.1. The van der Waals surface area contributed by atoms with E-state index in [1.165, 1.54) is 12.1 Å². The second-order valence-corrected chi connectivity index (χ2v) is 7.50. The molecule has 1 N–H and O–H groups in total. The summed E-state index contributed by atoms with van der Waals surface area (Å²) < 4.78 is 46.3. The molecule has 2 heterocycles. The molecule has 3 aromatic rings. The lowest BCUT2D eigenvalue weighted by atomic mass is 9.95. The number of hydrogen-bond donors (Lipinski definition) is 1. The predicted molar refractivity (Wildman–Crippen MR) is 98.9 cm³/mol. The number of aromatic nitrogens is 4. The van der Waals surface area contributed by atoms with Crippen LogP contribution in [0.5, 0.6) is 0 Å². The summed E-state index contributed by atoms with van der Waals surface area (Å²) in [5.74, 6) is -1.58. The number of carboxylic acids is 1. The van der Waals surface area contributed by atoms with Crippen molar-refractivity contribution in [1.82, 2.24) is 19.9 Å². The second-order valence-electron chi connectivity index (χ2n) is 7.09. The molecule has 7 nitrogen and oxygen atoms in total. The largest absolute Gasteiger partial charge is 0.480 e. The Kier molecular flexibility index (Phi) is 5.05. The maximum atomic E-state index is 13.5. The third kappa shape index (κ3) is 3.34. The van der Waals surface area contributed by atoms with E-state index in [0.29, 0.717) is 18.4 Å². The van der Waals surface area contributed by atoms with Crippen molar-refractivity contribution in [1.29, 1.82) is 0 Å². The Morgan fingerprint density at radius 2 is 2.10 bits per heavy atom. The minimum atomic E-state index is -2.94. The number of rotatable bonds is 7. The Morgan fingerprint density at radius 3 is 2.67 bits per heavy atom. The Labute approximate surface area is 173 Å². The van der Waals surface area contributed by atoms with Crippen LogP contribution in [0.25, 0.3) is 11.6 Å². The summed E-state index contributed by atoms with van der Waals surface area (Å²) >= 11 is 6.19. The molecule has 0 bridgehead atoms. The first-order valence-electron chi connectivity index (χ1n) is 9.17. The zero-order chi connectivity index (χ0) is 21.6. The van der Waals surface area contributed by atoms with Gasteiger partial charge in [0, 0.05) is 5.02 Å². The van der Waals surface area contributed by atoms with Crippen molar-refractivity contribution in [3.63, 3.8) is 0 Å². The summed E-state index contributed by atoms with van der Waals surface area (Å²) in [6.45, 7) is 1.56. The molecule has 11 heteroatoms. The van der Waals surface area contributed by atoms with E-state index in [2.05, 4.69) is 15.2 Å². The number of carbonyl (C=O) groups is 1. The summed E-state index contributed by atoms with van der Waals surface area (Å²) in [7, 11) is 0. The van der Waals surface area contributed by atoms with Gasteiger partial charge in [0.2, 0.25) is 0 Å². The Balaban J connectivity index is 1.72. The average Bonchev–Trinajstić information content (AvgIpc) is 3.13. The van der Waals surface area contributed by atoms with Crippen LogP contribution in [0.15, 0.2) is 28.8 Å². The van der Waals surface area contributed by atoms with Gasteiger partial charge in [-0.1, -0.05) is 29.7 Å². The molecule has 0 spiro atoms. The van der Waals surface area contributed by atoms with Crippen molar-refractivity contribution in [3.05, 3.63) is 52.2 Å². The fourth-order valence-corrected chi connectivity index (χ4v) is 3.86. The van der Waals surface area contributed by atoms with Crippen molar-refractivity contribution in [3.8, 4) is 11.6 Å². The van der Waals surface area contributed by atoms with Crippen molar-refractivity contribution in [2.45, 2.75) is 44.1 Å². The van der Waals surface area contributed by atoms with Crippen LogP contribution in [0.1, 0.15) is 55.7 Å². The molecule has 1 atom stereocenters. The summed E-state index contributed by atoms with van der Waals surface area (Å²) in [6.07, 6.45) is -1.55. The van der Waals surface area contributed by atoms with Gasteiger partial charge in [-0.05, 0) is 43.0 Å². The number of halogens is 4. The van der Waals surface area contributed by atoms with Crippen LogP contribution < -0.4 is 0 Å². The van der Waals surface area contributed by atoms with E-state index in [-0.39, 0.29) is 28.9 Å². The van der Waals surface area contributed by atoms with Gasteiger partial charge in [0.15, 0.2) is 11.5 Å². The SMILES string of the molecule is CC[C@@H](C(=O)O)n1nc(-c2nc(C3(c4ccc(F)cc4Cl)CC3)no2)cc1C(F)F. The van der Waals surface area contributed by atoms with Crippen LogP contribution in [0.3, 0.4) is 0 Å². The lowest BCUT2D eigenvalue weighted by Crippen LogP contribution is -2.21. The molecule has 30 heavy (non-hydrogen) atoms. The summed E-state index contributed by atoms with van der Waals surface area (Å²) in [5.41, 5.74) is -0.603. The van der Waals surface area contributed by atoms with E-state index < -0.39 is 35.4 Å². The highest BCUT2D eigenvalue weighted by Gasteiger charge is 2.51. The number of carboxylic acid groups (broad SMARTS) is 1. The smallest absolute Gasteiger partial charge is 0.328 e. The molecule has 158 valence electrons. The van der Waals surface area contributed by atoms with Crippen LogP contribution in [-0.4, -0.2) is 31.0 Å². The molecule has 0 unspecified atom stereocenters. The zero-order valence-electron chi connectivity index (χ0n) is 15.6. The molecule has 1 saturated carbocycles. The Bertz CT molecular complexity index is 1110. The Morgan fingerprint density at radius 1 is 1.37 bits per heavy atom. The maximum absolute atomic E-state index is 13.5. The van der Waals surface area contributed by atoms with Crippen molar-refractivity contribution in [2.24, 2.45) is 0 Å². The quantitative estimate of drug-likeness (QED) is 0.568. The fraction of sp³-hybridized carbons (Fsp3) is 0.368. The van der Waals surface area contributed by atoms with Gasteiger partial charge in [-0.2, -0.15) is 10.1 Å². The van der Waals surface area contributed by atoms with Gasteiger partial charge in [-0.15, -0.1) is 0 Å². The Hall–Kier alpha value is -2.88. The van der Waals surface area contributed by atoms with Crippen molar-refractivity contribution in [2.75, 3.05) is 0 Å². The van der Waals surface area contributed by atoms with Gasteiger partial charge in [0.1, 0.15) is 17.6 Å². The van der Waals surface area contributed by atoms with E-state index in [9.17, 15) is 23.1 Å². The highest BCUT2D eigenvalue weighted by molar-refractivity contribution is 6.31. The molecular formula is C19H16ClF3N4O3. The van der Waals surface area contributed by atoms with Crippen LogP contribution in [0, 0.1) is 5.82 Å². The first-order chi connectivity index (χ1) is 14.3. The van der Waals surface area contributed by atoms with Gasteiger partial charge >= 0.3 is 5.97 Å². The van der Waals surface area contributed by atoms with E-state index >= 15 is 0 Å². The number of nitrogens with zero attached hydrogens (tertiary/aromatic N) is 4. The van der Waals surface area contributed by atoms with Crippen LogP contribution in [0.4, 0.5) is 13.2 Å². The van der Waals surface area contributed by atoms with Gasteiger partial charge in [0.05, 0.1) is 5.41 Å². The highest BCUT2D eigenvalue weighted by Crippen LogP contribution is 2.54. The van der Waals surface area contributed by atoms with E-state index in [4.69, 9.17) is 16.1 Å². The maximum Gasteiger partial charge on any atom is 0.328 e. The topological polar surface area (TPSA) is 94.0 Å². The molecular weight excluding hydrogens is 425 g/mol. The van der Waals surface area contributed by atoms with Crippen molar-refractivity contribution >= 4 is 17.6 Å². The third-order valence-electron chi connectivity index (χ3n) is 5.23. The van der Waals surface area contributed by atoms with Gasteiger partial charge in [-0.3, -0.25) is 0 Å². The number of alkyl halides is 2. The van der Waals surface area contributed by atoms with Gasteiger partial charge in [-0.25, -0.2) is 22.6 Å². The highest BCUT2D eigenvalue weighted by atomic mass is 35.5. The van der Waals surface area contributed by atoms with Crippen molar-refractivity contribution < 1.29 is 27.6 Å². The minimum Gasteiger partial charge on any atom is -0.480 e. The molecule has 2 aromatic heterocycles. The second kappa shape index (κ2) is 7.42. The van der Waals surface area contributed by atoms with E-state index in [0.717, 1.165) is 10.7 Å². The molecule has 1 fully saturated rings. The monoisotopic (exact) mass is 440 g/mol. The zero-order valence-corrected chi connectivity index (χ0v) is 16.4. The standard InChI is InChI=1S/C19H16ClF3N4O3/c1-2-13(17(28)29)27-14(15(22)23)8-12(25-27)16-24-18(26-30-16)19(5-6-19)10-4-3-9(21)7-11(10)20/h3-4,7-8,13,15H,2,5-6H2,1H3,(H,28,29)/t13-/m0/s1. The summed E-state index contributed by atoms with van der Waals surface area (Å²) in [6, 6.07) is 3.83. The van der Waals surface area contributed by atoms with Gasteiger partial charge in [0.25, 0.3) is 12.3 Å². The van der Waals surface area contributed by atoms with Gasteiger partial charge < -0.3 is 9.63 Å². The number of hydrogen-bond acceptors (Lipinski definition) is 5. The summed E-state index contributed by atoms with van der Waals surface area (Å²) in [5, 5.41) is 17.5.